The number of aliphatic hydroxyl groups is 1. The van der Waals surface area contributed by atoms with Gasteiger partial charge in [0.1, 0.15) is 5.01 Å². The molecule has 7 heteroatoms. The Morgan fingerprint density at radius 2 is 2.33 bits per heavy atom. The number of aliphatic hydroxyl groups excluding tert-OH is 1. The minimum Gasteiger partial charge on any atom is -0.395 e. The van der Waals surface area contributed by atoms with E-state index in [1.807, 2.05) is 4.90 Å². The van der Waals surface area contributed by atoms with E-state index >= 15 is 0 Å². The predicted molar refractivity (Wildman–Crippen MR) is 83.4 cm³/mol. The zero-order valence-corrected chi connectivity index (χ0v) is 13.4. The topological polar surface area (TPSA) is 78.4 Å². The number of hydrogen-bond acceptors (Lipinski definition) is 6. The smallest absolute Gasteiger partial charge is 0.240 e. The van der Waals surface area contributed by atoms with E-state index in [2.05, 4.69) is 22.4 Å². The van der Waals surface area contributed by atoms with Crippen LogP contribution < -0.4 is 5.32 Å². The molecule has 1 saturated heterocycles. The fraction of sp³-hybridized carbons (Fsp3) is 0.786. The Morgan fingerprint density at radius 1 is 1.48 bits per heavy atom. The first-order chi connectivity index (χ1) is 10.2. The summed E-state index contributed by atoms with van der Waals surface area (Å²) in [6.45, 7) is 3.48. The molecule has 0 bridgehead atoms. The Hall–Kier alpha value is -1.05. The number of rotatable bonds is 8. The zero-order valence-electron chi connectivity index (χ0n) is 12.5. The molecule has 0 aromatic carbocycles. The lowest BCUT2D eigenvalue weighted by atomic mass is 10.2. The second-order valence-corrected chi connectivity index (χ2v) is 6.52. The van der Waals surface area contributed by atoms with E-state index in [1.54, 1.807) is 0 Å². The van der Waals surface area contributed by atoms with Crippen molar-refractivity contribution in [1.29, 1.82) is 0 Å². The summed E-state index contributed by atoms with van der Waals surface area (Å²) in [6.07, 6.45) is 6.43. The predicted octanol–water partition coefficient (Wildman–Crippen LogP) is 1.67. The monoisotopic (exact) mass is 312 g/mol. The van der Waals surface area contributed by atoms with Gasteiger partial charge in [-0.15, -0.1) is 10.2 Å². The highest BCUT2D eigenvalue weighted by Crippen LogP contribution is 2.19. The van der Waals surface area contributed by atoms with Crippen molar-refractivity contribution in [1.82, 2.24) is 15.1 Å². The van der Waals surface area contributed by atoms with Gasteiger partial charge in [-0.25, -0.2) is 0 Å². The minimum absolute atomic E-state index is 0.0772. The van der Waals surface area contributed by atoms with Gasteiger partial charge in [0.2, 0.25) is 11.0 Å². The lowest BCUT2D eigenvalue weighted by molar-refractivity contribution is -0.117. The van der Waals surface area contributed by atoms with Crippen LogP contribution >= 0.6 is 11.3 Å². The van der Waals surface area contributed by atoms with E-state index in [-0.39, 0.29) is 18.6 Å². The largest absolute Gasteiger partial charge is 0.395 e. The molecule has 0 spiro atoms. The molecule has 0 radical (unpaired) electrons. The second kappa shape index (κ2) is 8.41. The Balaban J connectivity index is 1.77. The number of likely N-dealkylation sites (tertiary alicyclic amines) is 1. The summed E-state index contributed by atoms with van der Waals surface area (Å²) >= 11 is 1.45. The highest BCUT2D eigenvalue weighted by atomic mass is 32.1. The van der Waals surface area contributed by atoms with E-state index in [4.69, 9.17) is 0 Å². The average Bonchev–Trinajstić information content (AvgIpc) is 3.08. The molecule has 1 unspecified atom stereocenters. The molecule has 2 heterocycles. The van der Waals surface area contributed by atoms with Crippen LogP contribution in [0.4, 0.5) is 5.13 Å². The fourth-order valence-corrected chi connectivity index (χ4v) is 3.38. The summed E-state index contributed by atoms with van der Waals surface area (Å²) in [4.78, 5) is 14.0. The standard InChI is InChI=1S/C14H24N4O2S/c1-2-3-4-7-13-16-17-14(21-13)15-12(20)9-18-8-5-6-11(18)10-19/h11,19H,2-10H2,1H3,(H,15,17,20). The van der Waals surface area contributed by atoms with Gasteiger partial charge in [0.15, 0.2) is 0 Å². The van der Waals surface area contributed by atoms with Gasteiger partial charge in [-0.1, -0.05) is 31.1 Å². The third kappa shape index (κ3) is 5.01. The summed E-state index contributed by atoms with van der Waals surface area (Å²) in [5.41, 5.74) is 0. The van der Waals surface area contributed by atoms with Gasteiger partial charge in [-0.3, -0.25) is 15.0 Å². The summed E-state index contributed by atoms with van der Waals surface area (Å²) < 4.78 is 0. The van der Waals surface area contributed by atoms with Gasteiger partial charge in [0.25, 0.3) is 0 Å². The normalized spacial score (nSPS) is 19.0. The van der Waals surface area contributed by atoms with Crippen molar-refractivity contribution in [3.63, 3.8) is 0 Å². The first kappa shape index (κ1) is 16.3. The van der Waals surface area contributed by atoms with Crippen LogP contribution in [-0.4, -0.2) is 51.8 Å². The number of carbonyl (C=O) groups excluding carboxylic acids is 1. The number of anilines is 1. The lowest BCUT2D eigenvalue weighted by Gasteiger charge is -2.21. The van der Waals surface area contributed by atoms with Gasteiger partial charge in [-0.05, 0) is 25.8 Å². The van der Waals surface area contributed by atoms with Crippen LogP contribution in [0.3, 0.4) is 0 Å². The van der Waals surface area contributed by atoms with Gasteiger partial charge in [0.05, 0.1) is 13.2 Å². The molecule has 0 saturated carbocycles. The van der Waals surface area contributed by atoms with E-state index in [9.17, 15) is 9.90 Å². The highest BCUT2D eigenvalue weighted by molar-refractivity contribution is 7.15. The number of aromatic nitrogens is 2. The molecule has 1 fully saturated rings. The second-order valence-electron chi connectivity index (χ2n) is 5.46. The van der Waals surface area contributed by atoms with Crippen molar-refractivity contribution >= 4 is 22.4 Å². The zero-order chi connectivity index (χ0) is 15.1. The minimum atomic E-state index is -0.0772. The molecule has 0 aliphatic carbocycles. The molecule has 118 valence electrons. The maximum atomic E-state index is 12.0. The Morgan fingerprint density at radius 3 is 3.10 bits per heavy atom. The van der Waals surface area contributed by atoms with Crippen molar-refractivity contribution in [3.8, 4) is 0 Å². The number of hydrogen-bond donors (Lipinski definition) is 2. The van der Waals surface area contributed by atoms with E-state index < -0.39 is 0 Å². The number of aryl methyl sites for hydroxylation is 1. The molecular weight excluding hydrogens is 288 g/mol. The summed E-state index contributed by atoms with van der Waals surface area (Å²) in [6, 6.07) is 0.120. The molecule has 6 nitrogen and oxygen atoms in total. The van der Waals surface area contributed by atoms with Crippen LogP contribution in [0.5, 0.6) is 0 Å². The van der Waals surface area contributed by atoms with E-state index in [1.165, 1.54) is 24.2 Å². The van der Waals surface area contributed by atoms with Crippen molar-refractivity contribution < 1.29 is 9.90 Å². The molecule has 21 heavy (non-hydrogen) atoms. The third-order valence-corrected chi connectivity index (χ3v) is 4.66. The van der Waals surface area contributed by atoms with E-state index in [0.717, 1.165) is 37.2 Å². The Labute approximate surface area is 129 Å². The van der Waals surface area contributed by atoms with Crippen LogP contribution in [0, 0.1) is 0 Å². The molecule has 2 rings (SSSR count). The number of nitrogens with zero attached hydrogens (tertiary/aromatic N) is 3. The molecule has 1 atom stereocenters. The fourth-order valence-electron chi connectivity index (χ4n) is 2.58. The summed E-state index contributed by atoms with van der Waals surface area (Å²) in [5.74, 6) is -0.0772. The maximum Gasteiger partial charge on any atom is 0.240 e. The third-order valence-electron chi connectivity index (χ3n) is 3.76. The van der Waals surface area contributed by atoms with Crippen molar-refractivity contribution in [3.05, 3.63) is 5.01 Å². The molecule has 1 aromatic rings. The summed E-state index contributed by atoms with van der Waals surface area (Å²) in [7, 11) is 0. The number of carbonyl (C=O) groups is 1. The maximum absolute atomic E-state index is 12.0. The van der Waals surface area contributed by atoms with Gasteiger partial charge in [-0.2, -0.15) is 0 Å². The van der Waals surface area contributed by atoms with Crippen molar-refractivity contribution in [2.45, 2.75) is 51.5 Å². The molecule has 1 aliphatic heterocycles. The van der Waals surface area contributed by atoms with Crippen LogP contribution in [0.15, 0.2) is 0 Å². The van der Waals surface area contributed by atoms with E-state index in [0.29, 0.717) is 11.7 Å². The number of amides is 1. The van der Waals surface area contributed by atoms with Crippen LogP contribution in [0.1, 0.15) is 44.0 Å². The SMILES string of the molecule is CCCCCc1nnc(NC(=O)CN2CCCC2CO)s1. The molecule has 2 N–H and O–H groups in total. The van der Waals surface area contributed by atoms with Crippen molar-refractivity contribution in [2.75, 3.05) is 25.0 Å². The van der Waals surface area contributed by atoms with Crippen molar-refractivity contribution in [2.24, 2.45) is 0 Å². The first-order valence-electron chi connectivity index (χ1n) is 7.70. The Bertz CT molecular complexity index is 452. The summed E-state index contributed by atoms with van der Waals surface area (Å²) in [5, 5.41) is 21.7. The quantitative estimate of drug-likeness (QED) is 0.714. The number of nitrogens with one attached hydrogen (secondary N) is 1. The van der Waals surface area contributed by atoms with Crippen LogP contribution in [0.2, 0.25) is 0 Å². The van der Waals surface area contributed by atoms with Gasteiger partial charge >= 0.3 is 0 Å². The molecule has 1 amide bonds. The lowest BCUT2D eigenvalue weighted by Crippen LogP contribution is -2.38. The van der Waals surface area contributed by atoms with Gasteiger partial charge < -0.3 is 5.11 Å². The average molecular weight is 312 g/mol. The van der Waals surface area contributed by atoms with Crippen LogP contribution in [-0.2, 0) is 11.2 Å². The molecule has 1 aromatic heterocycles. The van der Waals surface area contributed by atoms with Crippen LogP contribution in [0.25, 0.3) is 0 Å². The molecule has 1 aliphatic rings. The first-order valence-corrected chi connectivity index (χ1v) is 8.51. The number of unbranched alkanes of at least 4 members (excludes halogenated alkanes) is 2. The van der Waals surface area contributed by atoms with Gasteiger partial charge in [0, 0.05) is 12.5 Å². The Kier molecular flexibility index (Phi) is 6.53. The highest BCUT2D eigenvalue weighted by Gasteiger charge is 2.25. The molecular formula is C14H24N4O2S.